The largest absolute Gasteiger partial charge is 0.392 e. The van der Waals surface area contributed by atoms with Crippen LogP contribution in [0.5, 0.6) is 0 Å². The third kappa shape index (κ3) is 4.58. The molecule has 1 unspecified atom stereocenters. The Morgan fingerprint density at radius 1 is 1.61 bits per heavy atom. The number of sulfonamides is 1. The highest BCUT2D eigenvalue weighted by Crippen LogP contribution is 2.22. The van der Waals surface area contributed by atoms with Gasteiger partial charge in [0.15, 0.2) is 0 Å². The van der Waals surface area contributed by atoms with Gasteiger partial charge >= 0.3 is 0 Å². The van der Waals surface area contributed by atoms with E-state index >= 15 is 0 Å². The molecular weight excluding hydrogens is 356 g/mol. The van der Waals surface area contributed by atoms with E-state index in [0.29, 0.717) is 19.4 Å². The molecule has 0 radical (unpaired) electrons. The molecule has 3 N–H and O–H groups in total. The summed E-state index contributed by atoms with van der Waals surface area (Å²) < 4.78 is 27.4. The van der Waals surface area contributed by atoms with Gasteiger partial charge in [0, 0.05) is 11.4 Å². The quantitative estimate of drug-likeness (QED) is 0.720. The van der Waals surface area contributed by atoms with Crippen molar-refractivity contribution >= 4 is 54.5 Å². The first-order chi connectivity index (χ1) is 8.36. The number of nitrogens with two attached hydrogens (primary N) is 1. The molecule has 0 bridgehead atoms. The number of rotatable bonds is 7. The first-order valence-corrected chi connectivity index (χ1v) is 8.95. The molecule has 1 atom stereocenters. The molecule has 0 aliphatic rings. The average Bonchev–Trinajstić information content (AvgIpc) is 2.63. The van der Waals surface area contributed by atoms with Gasteiger partial charge in [-0.1, -0.05) is 19.1 Å². The first kappa shape index (κ1) is 16.0. The van der Waals surface area contributed by atoms with Gasteiger partial charge in [-0.3, -0.25) is 0 Å². The van der Waals surface area contributed by atoms with Gasteiger partial charge in [-0.15, -0.1) is 11.3 Å². The highest BCUT2D eigenvalue weighted by Gasteiger charge is 2.25. The Balaban J connectivity index is 2.54. The molecule has 18 heavy (non-hydrogen) atoms. The molecule has 0 saturated carbocycles. The van der Waals surface area contributed by atoms with Gasteiger partial charge in [0.25, 0.3) is 0 Å². The normalized spacial score (nSPS) is 13.4. The second-order valence-corrected chi connectivity index (χ2v) is 8.66. The molecule has 1 aromatic heterocycles. The van der Waals surface area contributed by atoms with Crippen LogP contribution in [-0.4, -0.2) is 25.2 Å². The number of halogens is 1. The van der Waals surface area contributed by atoms with E-state index in [1.54, 1.807) is 18.3 Å². The van der Waals surface area contributed by atoms with Crippen LogP contribution in [0, 0.1) is 0 Å². The molecule has 1 aromatic rings. The number of hydrogen-bond donors (Lipinski definition) is 2. The summed E-state index contributed by atoms with van der Waals surface area (Å²) in [4.78, 5) is 1.14. The van der Waals surface area contributed by atoms with Gasteiger partial charge in [0.1, 0.15) is 5.25 Å². The highest BCUT2D eigenvalue weighted by atomic mass is 79.9. The third-order valence-corrected chi connectivity index (χ3v) is 6.43. The van der Waals surface area contributed by atoms with Crippen LogP contribution in [0.2, 0.25) is 0 Å². The lowest BCUT2D eigenvalue weighted by Crippen LogP contribution is -2.42. The van der Waals surface area contributed by atoms with Gasteiger partial charge in [0.05, 0.1) is 8.77 Å². The van der Waals surface area contributed by atoms with Crippen LogP contribution >= 0.6 is 39.5 Å². The molecule has 0 aromatic carbocycles. The van der Waals surface area contributed by atoms with Crippen LogP contribution in [0.4, 0.5) is 0 Å². The highest BCUT2D eigenvalue weighted by molar-refractivity contribution is 9.11. The Labute approximate surface area is 125 Å². The molecular formula is C10H15BrN2O2S3. The van der Waals surface area contributed by atoms with Gasteiger partial charge < -0.3 is 5.73 Å². The molecule has 1 heterocycles. The molecule has 8 heteroatoms. The number of hydrogen-bond acceptors (Lipinski definition) is 4. The van der Waals surface area contributed by atoms with Gasteiger partial charge in [-0.2, -0.15) is 0 Å². The monoisotopic (exact) mass is 370 g/mol. The Bertz CT molecular complexity index is 513. The van der Waals surface area contributed by atoms with Crippen molar-refractivity contribution < 1.29 is 8.42 Å². The van der Waals surface area contributed by atoms with Gasteiger partial charge in [-0.25, -0.2) is 13.1 Å². The van der Waals surface area contributed by atoms with E-state index in [9.17, 15) is 8.42 Å². The van der Waals surface area contributed by atoms with Crippen molar-refractivity contribution in [2.45, 2.75) is 25.0 Å². The lowest BCUT2D eigenvalue weighted by atomic mass is 10.3. The molecule has 0 amide bonds. The fraction of sp³-hybridized carbons (Fsp3) is 0.500. The van der Waals surface area contributed by atoms with E-state index in [1.165, 1.54) is 0 Å². The van der Waals surface area contributed by atoms with Gasteiger partial charge in [-0.05, 0) is 40.9 Å². The second-order valence-electron chi connectivity index (χ2n) is 3.69. The zero-order valence-corrected chi connectivity index (χ0v) is 13.9. The number of thiophene rings is 1. The Morgan fingerprint density at radius 3 is 2.72 bits per heavy atom. The second kappa shape index (κ2) is 6.95. The van der Waals surface area contributed by atoms with Crippen LogP contribution in [0.15, 0.2) is 15.9 Å². The van der Waals surface area contributed by atoms with Crippen LogP contribution < -0.4 is 10.5 Å². The van der Waals surface area contributed by atoms with Gasteiger partial charge in [0.2, 0.25) is 10.0 Å². The summed E-state index contributed by atoms with van der Waals surface area (Å²) in [6.07, 6.45) is 1.04. The van der Waals surface area contributed by atoms with E-state index in [1.807, 2.05) is 12.1 Å². The average molecular weight is 371 g/mol. The lowest BCUT2D eigenvalue weighted by molar-refractivity contribution is 0.574. The summed E-state index contributed by atoms with van der Waals surface area (Å²) in [6, 6.07) is 3.91. The van der Waals surface area contributed by atoms with Crippen molar-refractivity contribution in [2.75, 3.05) is 6.54 Å². The Morgan fingerprint density at radius 2 is 2.28 bits per heavy atom. The number of nitrogens with one attached hydrogen (secondary N) is 1. The maximum atomic E-state index is 11.9. The summed E-state index contributed by atoms with van der Waals surface area (Å²) >= 11 is 9.72. The Kier molecular flexibility index (Phi) is 6.19. The van der Waals surface area contributed by atoms with Crippen molar-refractivity contribution in [3.05, 3.63) is 20.8 Å². The molecule has 0 saturated heterocycles. The van der Waals surface area contributed by atoms with E-state index < -0.39 is 15.3 Å². The maximum Gasteiger partial charge on any atom is 0.221 e. The van der Waals surface area contributed by atoms with Crippen LogP contribution in [0.25, 0.3) is 0 Å². The zero-order valence-electron chi connectivity index (χ0n) is 9.85. The molecule has 0 aliphatic heterocycles. The summed E-state index contributed by atoms with van der Waals surface area (Å²) in [5.74, 6) is 0. The molecule has 1 rings (SSSR count). The number of thiocarbonyl (C=S) groups is 1. The SMILES string of the molecule is CCC(C(N)=S)S(=O)(=O)NCCc1ccc(Br)s1. The van der Waals surface area contributed by atoms with E-state index in [4.69, 9.17) is 18.0 Å². The lowest BCUT2D eigenvalue weighted by Gasteiger charge is -2.14. The van der Waals surface area contributed by atoms with Crippen molar-refractivity contribution in [1.29, 1.82) is 0 Å². The van der Waals surface area contributed by atoms with Crippen molar-refractivity contribution in [3.63, 3.8) is 0 Å². The van der Waals surface area contributed by atoms with Crippen molar-refractivity contribution in [2.24, 2.45) is 5.73 Å². The van der Waals surface area contributed by atoms with E-state index in [2.05, 4.69) is 20.7 Å². The predicted octanol–water partition coefficient (Wildman–Crippen LogP) is 2.04. The fourth-order valence-electron chi connectivity index (χ4n) is 1.48. The van der Waals surface area contributed by atoms with E-state index in [-0.39, 0.29) is 4.99 Å². The van der Waals surface area contributed by atoms with Crippen molar-refractivity contribution in [1.82, 2.24) is 4.72 Å². The molecule has 4 nitrogen and oxygen atoms in total. The van der Waals surface area contributed by atoms with Crippen LogP contribution in [0.1, 0.15) is 18.2 Å². The smallest absolute Gasteiger partial charge is 0.221 e. The third-order valence-electron chi connectivity index (χ3n) is 2.37. The minimum absolute atomic E-state index is 0.0175. The summed E-state index contributed by atoms with van der Waals surface area (Å²) in [7, 11) is -3.46. The maximum absolute atomic E-state index is 11.9. The summed E-state index contributed by atoms with van der Waals surface area (Å²) in [5.41, 5.74) is 5.43. The summed E-state index contributed by atoms with van der Waals surface area (Å²) in [5, 5.41) is -0.789. The molecule has 102 valence electrons. The molecule has 0 spiro atoms. The molecule has 0 fully saturated rings. The minimum atomic E-state index is -3.46. The molecule has 0 aliphatic carbocycles. The van der Waals surface area contributed by atoms with E-state index in [0.717, 1.165) is 8.66 Å². The van der Waals surface area contributed by atoms with Crippen molar-refractivity contribution in [3.8, 4) is 0 Å². The Hall–Kier alpha value is -0.0200. The summed E-state index contributed by atoms with van der Waals surface area (Å²) in [6.45, 7) is 2.10. The fourth-order valence-corrected chi connectivity index (χ4v) is 4.84. The predicted molar refractivity (Wildman–Crippen MR) is 83.5 cm³/mol. The minimum Gasteiger partial charge on any atom is -0.392 e. The first-order valence-electron chi connectivity index (χ1n) is 5.39. The zero-order chi connectivity index (χ0) is 13.8. The van der Waals surface area contributed by atoms with Crippen LogP contribution in [-0.2, 0) is 16.4 Å². The topological polar surface area (TPSA) is 72.2 Å². The van der Waals surface area contributed by atoms with Crippen LogP contribution in [0.3, 0.4) is 0 Å². The standard InChI is InChI=1S/C10H15BrN2O2S3/c1-2-8(10(12)16)18(14,15)13-6-5-7-3-4-9(11)17-7/h3-4,8,13H,2,5-6H2,1H3,(H2,12,16).